The fraction of sp³-hybridized carbons (Fsp3) is 0.600. The molecule has 0 N–H and O–H groups in total. The normalized spacial score (nSPS) is 41.1. The van der Waals surface area contributed by atoms with Crippen molar-refractivity contribution in [2.24, 2.45) is 11.8 Å². The van der Waals surface area contributed by atoms with Crippen LogP contribution in [0.1, 0.15) is 13.8 Å². The smallest absolute Gasteiger partial charge is 0.136 e. The Balaban J connectivity index is 2.30. The summed E-state index contributed by atoms with van der Waals surface area (Å²) in [6.07, 6.45) is 3.46. The summed E-state index contributed by atoms with van der Waals surface area (Å²) in [5.41, 5.74) is 0. The number of hydrogen-bond acceptors (Lipinski definition) is 3. The number of carbonyl (C=O) groups is 2. The van der Waals surface area contributed by atoms with Crippen LogP contribution in [0.2, 0.25) is 0 Å². The number of fused-ring (bicyclic) bond motifs is 2. The Bertz CT molecular complexity index is 265. The van der Waals surface area contributed by atoms with Crippen molar-refractivity contribution in [1.82, 2.24) is 0 Å². The molecule has 1 saturated heterocycles. The molecule has 3 nitrogen and oxygen atoms in total. The maximum Gasteiger partial charge on any atom is 0.136 e. The molecule has 0 aromatic heterocycles. The molecule has 3 heteroatoms. The topological polar surface area (TPSA) is 43.4 Å². The minimum Gasteiger partial charge on any atom is -0.365 e. The van der Waals surface area contributed by atoms with Gasteiger partial charge in [-0.1, -0.05) is 12.2 Å². The van der Waals surface area contributed by atoms with E-state index in [1.54, 1.807) is 0 Å². The van der Waals surface area contributed by atoms with Gasteiger partial charge in [-0.25, -0.2) is 0 Å². The molecule has 2 aliphatic rings. The second-order valence-corrected chi connectivity index (χ2v) is 3.72. The third-order valence-corrected chi connectivity index (χ3v) is 2.84. The third-order valence-electron chi connectivity index (χ3n) is 2.84. The van der Waals surface area contributed by atoms with E-state index < -0.39 is 0 Å². The maximum atomic E-state index is 11.3. The molecule has 0 aliphatic carbocycles. The fourth-order valence-corrected chi connectivity index (χ4v) is 2.28. The van der Waals surface area contributed by atoms with Gasteiger partial charge >= 0.3 is 0 Å². The number of hydrogen-bond donors (Lipinski definition) is 0. The number of ether oxygens (including phenoxy) is 1. The summed E-state index contributed by atoms with van der Waals surface area (Å²) in [4.78, 5) is 22.6. The van der Waals surface area contributed by atoms with Crippen molar-refractivity contribution in [1.29, 1.82) is 0 Å². The predicted octanol–water partition coefficient (Wildman–Crippen LogP) is 0.734. The molecule has 0 aromatic carbocycles. The van der Waals surface area contributed by atoms with Gasteiger partial charge in [0, 0.05) is 0 Å². The van der Waals surface area contributed by atoms with Gasteiger partial charge in [-0.15, -0.1) is 0 Å². The molecule has 0 amide bonds. The quantitative estimate of drug-likeness (QED) is 0.588. The van der Waals surface area contributed by atoms with E-state index in [4.69, 9.17) is 4.74 Å². The van der Waals surface area contributed by atoms with Gasteiger partial charge in [0.2, 0.25) is 0 Å². The van der Waals surface area contributed by atoms with Gasteiger partial charge in [-0.05, 0) is 13.8 Å². The van der Waals surface area contributed by atoms with Crippen LogP contribution >= 0.6 is 0 Å². The summed E-state index contributed by atoms with van der Waals surface area (Å²) in [6.45, 7) is 3.05. The zero-order valence-electron chi connectivity index (χ0n) is 7.69. The van der Waals surface area contributed by atoms with Crippen LogP contribution in [0.5, 0.6) is 0 Å². The van der Waals surface area contributed by atoms with E-state index in [0.29, 0.717) is 0 Å². The molecular weight excluding hydrogens is 168 g/mol. The van der Waals surface area contributed by atoms with E-state index in [1.807, 2.05) is 12.2 Å². The van der Waals surface area contributed by atoms with Crippen LogP contribution in [-0.2, 0) is 14.3 Å². The molecular formula is C10H12O3. The van der Waals surface area contributed by atoms with Crippen LogP contribution in [-0.4, -0.2) is 23.8 Å². The Labute approximate surface area is 76.8 Å². The average molecular weight is 180 g/mol. The van der Waals surface area contributed by atoms with Gasteiger partial charge in [-0.2, -0.15) is 0 Å². The lowest BCUT2D eigenvalue weighted by molar-refractivity contribution is -0.129. The van der Waals surface area contributed by atoms with Crippen LogP contribution in [0.15, 0.2) is 12.2 Å². The number of carbonyl (C=O) groups excluding carboxylic acids is 2. The Kier molecular flexibility index (Phi) is 1.84. The van der Waals surface area contributed by atoms with E-state index in [0.717, 1.165) is 0 Å². The van der Waals surface area contributed by atoms with Crippen molar-refractivity contribution in [3.05, 3.63) is 12.2 Å². The van der Waals surface area contributed by atoms with E-state index in [-0.39, 0.29) is 35.6 Å². The molecule has 4 atom stereocenters. The molecule has 4 unspecified atom stereocenters. The molecule has 1 fully saturated rings. The molecule has 0 aromatic rings. The van der Waals surface area contributed by atoms with Gasteiger partial charge < -0.3 is 4.74 Å². The summed E-state index contributed by atoms with van der Waals surface area (Å²) < 4.78 is 5.47. The van der Waals surface area contributed by atoms with Gasteiger partial charge in [0.15, 0.2) is 0 Å². The first-order chi connectivity index (χ1) is 6.11. The highest BCUT2D eigenvalue weighted by molar-refractivity contribution is 5.89. The second kappa shape index (κ2) is 2.77. The molecule has 2 aliphatic heterocycles. The van der Waals surface area contributed by atoms with Crippen molar-refractivity contribution >= 4 is 11.6 Å². The highest BCUT2D eigenvalue weighted by Gasteiger charge is 2.50. The lowest BCUT2D eigenvalue weighted by Crippen LogP contribution is -2.34. The van der Waals surface area contributed by atoms with Crippen LogP contribution in [0.4, 0.5) is 0 Å². The monoisotopic (exact) mass is 180 g/mol. The highest BCUT2D eigenvalue weighted by atomic mass is 16.5. The zero-order chi connectivity index (χ0) is 9.59. The SMILES string of the molecule is CC(=O)C1C2C=CC(O2)C1C(C)=O. The first-order valence-corrected chi connectivity index (χ1v) is 4.46. The van der Waals surface area contributed by atoms with Crippen molar-refractivity contribution in [3.8, 4) is 0 Å². The minimum atomic E-state index is -0.243. The lowest BCUT2D eigenvalue weighted by Gasteiger charge is -2.19. The number of rotatable bonds is 2. The van der Waals surface area contributed by atoms with Gasteiger partial charge in [-0.3, -0.25) is 9.59 Å². The largest absolute Gasteiger partial charge is 0.365 e. The maximum absolute atomic E-state index is 11.3. The van der Waals surface area contributed by atoms with Gasteiger partial charge in [0.25, 0.3) is 0 Å². The summed E-state index contributed by atoms with van der Waals surface area (Å²) in [5, 5.41) is 0. The number of ketones is 2. The van der Waals surface area contributed by atoms with Crippen molar-refractivity contribution in [3.63, 3.8) is 0 Å². The first kappa shape index (κ1) is 8.63. The van der Waals surface area contributed by atoms with E-state index in [2.05, 4.69) is 0 Å². The van der Waals surface area contributed by atoms with Crippen LogP contribution in [0.3, 0.4) is 0 Å². The fourth-order valence-electron chi connectivity index (χ4n) is 2.28. The molecule has 2 bridgehead atoms. The number of Topliss-reactive ketones (excluding diaryl/α,β-unsaturated/α-hetero) is 2. The van der Waals surface area contributed by atoms with Crippen molar-refractivity contribution in [2.45, 2.75) is 26.1 Å². The van der Waals surface area contributed by atoms with Crippen LogP contribution < -0.4 is 0 Å². The van der Waals surface area contributed by atoms with Gasteiger partial charge in [0.05, 0.1) is 24.0 Å². The van der Waals surface area contributed by atoms with Crippen molar-refractivity contribution in [2.75, 3.05) is 0 Å². The minimum absolute atomic E-state index is 0.0528. The molecule has 0 spiro atoms. The molecule has 2 rings (SSSR count). The van der Waals surface area contributed by atoms with E-state index in [9.17, 15) is 9.59 Å². The van der Waals surface area contributed by atoms with Gasteiger partial charge in [0.1, 0.15) is 11.6 Å². The second-order valence-electron chi connectivity index (χ2n) is 3.72. The standard InChI is InChI=1S/C10H12O3/c1-5(11)9-7-3-4-8(13-7)10(9)6(2)12/h3-4,7-10H,1-2H3. The van der Waals surface area contributed by atoms with E-state index in [1.165, 1.54) is 13.8 Å². The third kappa shape index (κ3) is 1.15. The summed E-state index contributed by atoms with van der Waals surface area (Å²) in [5.74, 6) is -0.380. The Morgan fingerprint density at radius 1 is 1.00 bits per heavy atom. The van der Waals surface area contributed by atoms with E-state index >= 15 is 0 Å². The Hall–Kier alpha value is -0.960. The lowest BCUT2D eigenvalue weighted by atomic mass is 9.79. The van der Waals surface area contributed by atoms with Crippen LogP contribution in [0.25, 0.3) is 0 Å². The molecule has 13 heavy (non-hydrogen) atoms. The highest BCUT2D eigenvalue weighted by Crippen LogP contribution is 2.39. The molecule has 0 saturated carbocycles. The molecule has 70 valence electrons. The van der Waals surface area contributed by atoms with Crippen LogP contribution in [0, 0.1) is 11.8 Å². The molecule has 2 heterocycles. The van der Waals surface area contributed by atoms with Crippen molar-refractivity contribution < 1.29 is 14.3 Å². The summed E-state index contributed by atoms with van der Waals surface area (Å²) in [6, 6.07) is 0. The first-order valence-electron chi connectivity index (χ1n) is 4.46. The average Bonchev–Trinajstić information content (AvgIpc) is 2.60. The zero-order valence-corrected chi connectivity index (χ0v) is 7.69. The molecule has 0 radical (unpaired) electrons. The predicted molar refractivity (Wildman–Crippen MR) is 46.1 cm³/mol. The summed E-state index contributed by atoms with van der Waals surface area (Å²) >= 11 is 0. The Morgan fingerprint density at radius 3 is 1.69 bits per heavy atom. The summed E-state index contributed by atoms with van der Waals surface area (Å²) in [7, 11) is 0. The Morgan fingerprint density at radius 2 is 1.38 bits per heavy atom.